The number of ether oxygens (including phenoxy) is 1. The summed E-state index contributed by atoms with van der Waals surface area (Å²) < 4.78 is 11.5. The molecule has 0 radical (unpaired) electrons. The van der Waals surface area contributed by atoms with Gasteiger partial charge in [-0.1, -0.05) is 60.4 Å². The summed E-state index contributed by atoms with van der Waals surface area (Å²) in [4.78, 5) is 27.0. The van der Waals surface area contributed by atoms with Crippen molar-refractivity contribution in [2.24, 2.45) is 0 Å². The van der Waals surface area contributed by atoms with E-state index in [0.29, 0.717) is 26.0 Å². The second-order valence-corrected chi connectivity index (χ2v) is 8.84. The molecule has 0 saturated carbocycles. The molecule has 0 aliphatic carbocycles. The van der Waals surface area contributed by atoms with Gasteiger partial charge in [-0.05, 0) is 57.4 Å². The van der Waals surface area contributed by atoms with Gasteiger partial charge in [-0.3, -0.25) is 9.69 Å². The Morgan fingerprint density at radius 1 is 1.17 bits per heavy atom. The smallest absolute Gasteiger partial charge is 0.379 e. The number of rotatable bonds is 5. The summed E-state index contributed by atoms with van der Waals surface area (Å²) in [6, 6.07) is 18.0. The standard InChI is InChI=1S/C22H14BrNO4S2/c23-16-11-15(8-9-17(16)28-21(26)18-7-4-10-27-18)12-19-20(25)24(22(29)30-19)13-14-5-2-1-3-6-14/h1-12H,13H2/b19-12-. The van der Waals surface area contributed by atoms with Crippen molar-refractivity contribution in [1.29, 1.82) is 0 Å². The number of hydrogen-bond donors (Lipinski definition) is 0. The van der Waals surface area contributed by atoms with Gasteiger partial charge in [0.2, 0.25) is 5.76 Å². The molecule has 0 N–H and O–H groups in total. The molecule has 1 amide bonds. The van der Waals surface area contributed by atoms with Gasteiger partial charge in [0.05, 0.1) is 22.2 Å². The number of carbonyl (C=O) groups excluding carboxylic acids is 2. The number of carbonyl (C=O) groups is 2. The van der Waals surface area contributed by atoms with Crippen molar-refractivity contribution in [3.63, 3.8) is 0 Å². The zero-order valence-electron chi connectivity index (χ0n) is 15.4. The van der Waals surface area contributed by atoms with Gasteiger partial charge in [-0.25, -0.2) is 4.79 Å². The molecule has 0 spiro atoms. The maximum absolute atomic E-state index is 12.8. The van der Waals surface area contributed by atoms with E-state index in [1.54, 1.807) is 35.2 Å². The lowest BCUT2D eigenvalue weighted by atomic mass is 10.2. The average Bonchev–Trinajstić information content (AvgIpc) is 3.36. The molecule has 1 saturated heterocycles. The van der Waals surface area contributed by atoms with Crippen molar-refractivity contribution >= 4 is 62.2 Å². The predicted molar refractivity (Wildman–Crippen MR) is 123 cm³/mol. The summed E-state index contributed by atoms with van der Waals surface area (Å²) in [5.74, 6) is -0.244. The third kappa shape index (κ3) is 4.56. The van der Waals surface area contributed by atoms with Crippen LogP contribution in [0.25, 0.3) is 6.08 Å². The van der Waals surface area contributed by atoms with E-state index < -0.39 is 5.97 Å². The fourth-order valence-electron chi connectivity index (χ4n) is 2.79. The molecule has 2 heterocycles. The SMILES string of the molecule is O=C(Oc1ccc(/C=C2\SC(=S)N(Cc3ccccc3)C2=O)cc1Br)c1ccco1. The molecule has 0 atom stereocenters. The van der Waals surface area contributed by atoms with Gasteiger partial charge in [-0.2, -0.15) is 0 Å². The molecule has 1 fully saturated rings. The number of amides is 1. The zero-order chi connectivity index (χ0) is 21.1. The van der Waals surface area contributed by atoms with Crippen LogP contribution in [0.3, 0.4) is 0 Å². The van der Waals surface area contributed by atoms with E-state index in [4.69, 9.17) is 21.4 Å². The lowest BCUT2D eigenvalue weighted by Crippen LogP contribution is -2.27. The fourth-order valence-corrected chi connectivity index (χ4v) is 4.52. The second-order valence-electron chi connectivity index (χ2n) is 6.31. The highest BCUT2D eigenvalue weighted by Gasteiger charge is 2.32. The number of benzene rings is 2. The number of esters is 1. The monoisotopic (exact) mass is 499 g/mol. The number of thioether (sulfide) groups is 1. The van der Waals surface area contributed by atoms with Gasteiger partial charge in [-0.15, -0.1) is 0 Å². The van der Waals surface area contributed by atoms with Crippen molar-refractivity contribution in [3.8, 4) is 5.75 Å². The number of hydrogen-bond acceptors (Lipinski definition) is 6. The first-order valence-electron chi connectivity index (χ1n) is 8.86. The number of nitrogens with zero attached hydrogens (tertiary/aromatic N) is 1. The van der Waals surface area contributed by atoms with Crippen molar-refractivity contribution in [2.45, 2.75) is 6.54 Å². The molecule has 30 heavy (non-hydrogen) atoms. The van der Waals surface area contributed by atoms with Crippen LogP contribution in [0.5, 0.6) is 5.75 Å². The van der Waals surface area contributed by atoms with Crippen LogP contribution in [0.15, 0.2) is 80.7 Å². The average molecular weight is 500 g/mol. The Balaban J connectivity index is 1.49. The molecule has 0 unspecified atom stereocenters. The maximum atomic E-state index is 12.8. The summed E-state index contributed by atoms with van der Waals surface area (Å²) in [7, 11) is 0. The highest BCUT2D eigenvalue weighted by Crippen LogP contribution is 2.35. The molecule has 0 bridgehead atoms. The summed E-state index contributed by atoms with van der Waals surface area (Å²) in [6.45, 7) is 0.439. The van der Waals surface area contributed by atoms with Gasteiger partial charge in [0, 0.05) is 0 Å². The third-order valence-electron chi connectivity index (χ3n) is 4.24. The lowest BCUT2D eigenvalue weighted by Gasteiger charge is -2.14. The molecule has 4 rings (SSSR count). The molecule has 1 aliphatic rings. The first kappa shape index (κ1) is 20.6. The van der Waals surface area contributed by atoms with Crippen molar-refractivity contribution < 1.29 is 18.7 Å². The van der Waals surface area contributed by atoms with Gasteiger partial charge in [0.25, 0.3) is 5.91 Å². The quantitative estimate of drug-likeness (QED) is 0.195. The van der Waals surface area contributed by atoms with E-state index >= 15 is 0 Å². The Morgan fingerprint density at radius 3 is 2.67 bits per heavy atom. The van der Waals surface area contributed by atoms with E-state index in [2.05, 4.69) is 15.9 Å². The minimum atomic E-state index is -0.588. The van der Waals surface area contributed by atoms with Crippen LogP contribution in [0.1, 0.15) is 21.7 Å². The number of furan rings is 1. The normalized spacial score (nSPS) is 15.1. The summed E-state index contributed by atoms with van der Waals surface area (Å²) in [6.07, 6.45) is 3.18. The maximum Gasteiger partial charge on any atom is 0.379 e. The Bertz CT molecular complexity index is 1140. The van der Waals surface area contributed by atoms with Crippen molar-refractivity contribution in [2.75, 3.05) is 0 Å². The molecular formula is C22H14BrNO4S2. The van der Waals surface area contributed by atoms with Gasteiger partial charge >= 0.3 is 5.97 Å². The summed E-state index contributed by atoms with van der Waals surface area (Å²) in [5.41, 5.74) is 1.79. The van der Waals surface area contributed by atoms with E-state index in [1.165, 1.54) is 24.1 Å². The highest BCUT2D eigenvalue weighted by atomic mass is 79.9. The van der Waals surface area contributed by atoms with Crippen molar-refractivity contribution in [3.05, 3.63) is 93.2 Å². The molecule has 1 aliphatic heterocycles. The van der Waals surface area contributed by atoms with Crippen LogP contribution in [0, 0.1) is 0 Å². The Hall–Kier alpha value is -2.68. The molecule has 150 valence electrons. The Morgan fingerprint density at radius 2 is 1.97 bits per heavy atom. The van der Waals surface area contributed by atoms with Gasteiger partial charge in [0.15, 0.2) is 0 Å². The largest absolute Gasteiger partial charge is 0.457 e. The van der Waals surface area contributed by atoms with Crippen LogP contribution in [0.2, 0.25) is 0 Å². The fraction of sp³-hybridized carbons (Fsp3) is 0.0455. The van der Waals surface area contributed by atoms with Crippen molar-refractivity contribution in [1.82, 2.24) is 4.90 Å². The number of halogens is 1. The van der Waals surface area contributed by atoms with Gasteiger partial charge in [0.1, 0.15) is 10.1 Å². The Kier molecular flexibility index (Phi) is 6.17. The second kappa shape index (κ2) is 8.99. The Labute approximate surface area is 190 Å². The minimum Gasteiger partial charge on any atom is -0.457 e. The minimum absolute atomic E-state index is 0.119. The molecule has 3 aromatic rings. The molecule has 2 aromatic carbocycles. The van der Waals surface area contributed by atoms with E-state index in [-0.39, 0.29) is 11.7 Å². The summed E-state index contributed by atoms with van der Waals surface area (Å²) in [5, 5.41) is 0. The third-order valence-corrected chi connectivity index (χ3v) is 6.23. The van der Waals surface area contributed by atoms with E-state index in [9.17, 15) is 9.59 Å². The van der Waals surface area contributed by atoms with Gasteiger partial charge < -0.3 is 9.15 Å². The molecule has 8 heteroatoms. The van der Waals surface area contributed by atoms with Crippen LogP contribution in [0.4, 0.5) is 0 Å². The number of thiocarbonyl (C=S) groups is 1. The topological polar surface area (TPSA) is 59.8 Å². The first-order chi connectivity index (χ1) is 14.5. The predicted octanol–water partition coefficient (Wildman–Crippen LogP) is 5.66. The van der Waals surface area contributed by atoms with Crippen LogP contribution in [-0.2, 0) is 11.3 Å². The molecular weight excluding hydrogens is 486 g/mol. The highest BCUT2D eigenvalue weighted by molar-refractivity contribution is 9.10. The summed E-state index contributed by atoms with van der Waals surface area (Å²) >= 11 is 10.1. The lowest BCUT2D eigenvalue weighted by molar-refractivity contribution is -0.122. The van der Waals surface area contributed by atoms with E-state index in [1.807, 2.05) is 30.3 Å². The van der Waals surface area contributed by atoms with Crippen LogP contribution >= 0.6 is 39.9 Å². The van der Waals surface area contributed by atoms with Crippen LogP contribution in [-0.4, -0.2) is 21.1 Å². The van der Waals surface area contributed by atoms with Crippen LogP contribution < -0.4 is 4.74 Å². The first-order valence-corrected chi connectivity index (χ1v) is 10.9. The zero-order valence-corrected chi connectivity index (χ0v) is 18.6. The van der Waals surface area contributed by atoms with E-state index in [0.717, 1.165) is 11.1 Å². The molecule has 5 nitrogen and oxygen atoms in total. The molecule has 1 aromatic heterocycles.